The smallest absolute Gasteiger partial charge is 0.374 e. The lowest BCUT2D eigenvalue weighted by molar-refractivity contribution is -0.115. The topological polar surface area (TPSA) is 72.6 Å². The number of esters is 1. The van der Waals surface area contributed by atoms with Gasteiger partial charge in [0.15, 0.2) is 5.13 Å². The standard InChI is InChI=1S/C17H14N2O4S/c1-12(20)19(14-6-3-2-4-7-14)17-18-13(11-24-17)10-23-16(21)15-8-5-9-22-15/h2-9,11H,10H2,1H3. The van der Waals surface area contributed by atoms with Crippen LogP contribution in [0.3, 0.4) is 0 Å². The zero-order chi connectivity index (χ0) is 16.9. The molecule has 0 saturated carbocycles. The van der Waals surface area contributed by atoms with Crippen molar-refractivity contribution in [1.82, 2.24) is 4.98 Å². The van der Waals surface area contributed by atoms with Crippen molar-refractivity contribution >= 4 is 34.0 Å². The van der Waals surface area contributed by atoms with E-state index in [4.69, 9.17) is 9.15 Å². The predicted octanol–water partition coefficient (Wildman–Crippen LogP) is 3.78. The number of anilines is 2. The zero-order valence-corrected chi connectivity index (χ0v) is 13.7. The first-order chi connectivity index (χ1) is 11.6. The van der Waals surface area contributed by atoms with E-state index in [1.165, 1.54) is 35.5 Å². The van der Waals surface area contributed by atoms with Gasteiger partial charge < -0.3 is 9.15 Å². The number of para-hydroxylation sites is 1. The number of rotatable bonds is 5. The number of furan rings is 1. The molecule has 122 valence electrons. The first-order valence-electron chi connectivity index (χ1n) is 7.16. The zero-order valence-electron chi connectivity index (χ0n) is 12.8. The maximum atomic E-state index is 12.0. The summed E-state index contributed by atoms with van der Waals surface area (Å²) in [6.07, 6.45) is 1.40. The molecule has 3 rings (SSSR count). The van der Waals surface area contributed by atoms with Crippen molar-refractivity contribution < 1.29 is 18.7 Å². The van der Waals surface area contributed by atoms with Gasteiger partial charge >= 0.3 is 5.97 Å². The fourth-order valence-electron chi connectivity index (χ4n) is 2.07. The number of ether oxygens (including phenoxy) is 1. The Morgan fingerprint density at radius 3 is 2.67 bits per heavy atom. The first kappa shape index (κ1) is 15.9. The molecule has 0 aliphatic rings. The van der Waals surface area contributed by atoms with Crippen LogP contribution in [0.15, 0.2) is 58.5 Å². The Labute approximate surface area is 142 Å². The molecule has 7 heteroatoms. The summed E-state index contributed by atoms with van der Waals surface area (Å²) < 4.78 is 10.1. The van der Waals surface area contributed by atoms with Crippen LogP contribution >= 0.6 is 11.3 Å². The molecule has 0 spiro atoms. The lowest BCUT2D eigenvalue weighted by atomic mass is 10.3. The summed E-state index contributed by atoms with van der Waals surface area (Å²) in [7, 11) is 0. The summed E-state index contributed by atoms with van der Waals surface area (Å²) in [6.45, 7) is 1.49. The highest BCUT2D eigenvalue weighted by Crippen LogP contribution is 2.28. The van der Waals surface area contributed by atoms with Crippen LogP contribution in [0.25, 0.3) is 0 Å². The van der Waals surface area contributed by atoms with Crippen LogP contribution in [0.2, 0.25) is 0 Å². The molecule has 0 unspecified atom stereocenters. The molecule has 3 aromatic rings. The molecule has 6 nitrogen and oxygen atoms in total. The molecule has 0 aliphatic heterocycles. The van der Waals surface area contributed by atoms with E-state index in [0.717, 1.165) is 5.69 Å². The maximum absolute atomic E-state index is 12.0. The lowest BCUT2D eigenvalue weighted by Crippen LogP contribution is -2.22. The van der Waals surface area contributed by atoms with E-state index in [1.807, 2.05) is 30.3 Å². The van der Waals surface area contributed by atoms with Gasteiger partial charge in [-0.2, -0.15) is 0 Å². The van der Waals surface area contributed by atoms with E-state index in [-0.39, 0.29) is 18.3 Å². The van der Waals surface area contributed by atoms with Crippen LogP contribution in [0.5, 0.6) is 0 Å². The van der Waals surface area contributed by atoms with Crippen LogP contribution < -0.4 is 4.90 Å². The fourth-order valence-corrected chi connectivity index (χ4v) is 2.95. The fraction of sp³-hybridized carbons (Fsp3) is 0.118. The van der Waals surface area contributed by atoms with Gasteiger partial charge in [-0.3, -0.25) is 9.69 Å². The van der Waals surface area contributed by atoms with Gasteiger partial charge in [0.1, 0.15) is 6.61 Å². The molecule has 0 N–H and O–H groups in total. The van der Waals surface area contributed by atoms with Crippen molar-refractivity contribution in [2.24, 2.45) is 0 Å². The average molecular weight is 342 g/mol. The van der Waals surface area contributed by atoms with Gasteiger partial charge in [-0.15, -0.1) is 11.3 Å². The van der Waals surface area contributed by atoms with Crippen LogP contribution in [0.4, 0.5) is 10.8 Å². The molecule has 1 amide bonds. The minimum atomic E-state index is -0.555. The van der Waals surface area contributed by atoms with Gasteiger partial charge in [0.05, 0.1) is 17.6 Å². The maximum Gasteiger partial charge on any atom is 0.374 e. The Kier molecular flexibility index (Phi) is 4.72. The van der Waals surface area contributed by atoms with Crippen molar-refractivity contribution in [1.29, 1.82) is 0 Å². The Hall–Kier alpha value is -2.93. The number of thiazole rings is 1. The second-order valence-electron chi connectivity index (χ2n) is 4.86. The molecule has 0 aliphatic carbocycles. The molecule has 2 heterocycles. The molecule has 1 aromatic carbocycles. The third-order valence-corrected chi connectivity index (χ3v) is 4.01. The normalized spacial score (nSPS) is 10.4. The Morgan fingerprint density at radius 1 is 1.21 bits per heavy atom. The number of nitrogens with zero attached hydrogens (tertiary/aromatic N) is 2. The van der Waals surface area contributed by atoms with Gasteiger partial charge in [0.25, 0.3) is 0 Å². The summed E-state index contributed by atoms with van der Waals surface area (Å²) in [4.78, 5) is 29.6. The highest BCUT2D eigenvalue weighted by atomic mass is 32.1. The van der Waals surface area contributed by atoms with Crippen molar-refractivity contribution in [3.05, 3.63) is 65.6 Å². The van der Waals surface area contributed by atoms with E-state index in [1.54, 1.807) is 11.4 Å². The average Bonchev–Trinajstić information content (AvgIpc) is 3.26. The minimum Gasteiger partial charge on any atom is -0.457 e. The Morgan fingerprint density at radius 2 is 2.00 bits per heavy atom. The number of carbonyl (C=O) groups excluding carboxylic acids is 2. The van der Waals surface area contributed by atoms with Crippen LogP contribution in [0, 0.1) is 0 Å². The third-order valence-electron chi connectivity index (χ3n) is 3.13. The SMILES string of the molecule is CC(=O)N(c1ccccc1)c1nc(COC(=O)c2ccco2)cs1. The number of benzene rings is 1. The molecule has 0 radical (unpaired) electrons. The lowest BCUT2D eigenvalue weighted by Gasteiger charge is -2.17. The van der Waals surface area contributed by atoms with Gasteiger partial charge in [-0.25, -0.2) is 9.78 Å². The van der Waals surface area contributed by atoms with Gasteiger partial charge in [-0.05, 0) is 24.3 Å². The summed E-state index contributed by atoms with van der Waals surface area (Å²) in [5, 5.41) is 2.28. The minimum absolute atomic E-state index is 0.0105. The quantitative estimate of drug-likeness (QED) is 0.660. The van der Waals surface area contributed by atoms with E-state index in [9.17, 15) is 9.59 Å². The largest absolute Gasteiger partial charge is 0.457 e. The number of carbonyl (C=O) groups is 2. The van der Waals surface area contributed by atoms with Gasteiger partial charge in [0.2, 0.25) is 11.7 Å². The highest BCUT2D eigenvalue weighted by molar-refractivity contribution is 7.14. The van der Waals surface area contributed by atoms with E-state index in [2.05, 4.69) is 4.98 Å². The van der Waals surface area contributed by atoms with Crippen molar-refractivity contribution in [2.45, 2.75) is 13.5 Å². The monoisotopic (exact) mass is 342 g/mol. The summed E-state index contributed by atoms with van der Waals surface area (Å²) in [6, 6.07) is 12.4. The third kappa shape index (κ3) is 3.52. The van der Waals surface area contributed by atoms with Crippen molar-refractivity contribution in [3.63, 3.8) is 0 Å². The molecule has 0 fully saturated rings. The number of aromatic nitrogens is 1. The van der Waals surface area contributed by atoms with Crippen molar-refractivity contribution in [3.8, 4) is 0 Å². The van der Waals surface area contributed by atoms with E-state index < -0.39 is 5.97 Å². The van der Waals surface area contributed by atoms with Crippen molar-refractivity contribution in [2.75, 3.05) is 4.90 Å². The summed E-state index contributed by atoms with van der Waals surface area (Å²) in [5.41, 5.74) is 1.30. The molecule has 0 bridgehead atoms. The first-order valence-corrected chi connectivity index (χ1v) is 8.04. The molecule has 0 atom stereocenters. The molecule has 2 aromatic heterocycles. The second kappa shape index (κ2) is 7.10. The van der Waals surface area contributed by atoms with Gasteiger partial charge in [-0.1, -0.05) is 18.2 Å². The predicted molar refractivity (Wildman–Crippen MR) is 89.2 cm³/mol. The number of amides is 1. The highest BCUT2D eigenvalue weighted by Gasteiger charge is 2.18. The Bertz CT molecular complexity index is 827. The second-order valence-corrected chi connectivity index (χ2v) is 5.70. The van der Waals surface area contributed by atoms with Gasteiger partial charge in [0, 0.05) is 12.3 Å². The van der Waals surface area contributed by atoms with E-state index in [0.29, 0.717) is 10.8 Å². The van der Waals surface area contributed by atoms with Crippen LogP contribution in [0.1, 0.15) is 23.2 Å². The molecule has 24 heavy (non-hydrogen) atoms. The molecule has 0 saturated heterocycles. The number of hydrogen-bond donors (Lipinski definition) is 0. The summed E-state index contributed by atoms with van der Waals surface area (Å²) in [5.74, 6) is -0.559. The Balaban J connectivity index is 1.72. The van der Waals surface area contributed by atoms with Crippen LogP contribution in [-0.2, 0) is 16.1 Å². The number of hydrogen-bond acceptors (Lipinski definition) is 6. The molecular formula is C17H14N2O4S. The molecular weight excluding hydrogens is 328 g/mol. The van der Waals surface area contributed by atoms with Crippen LogP contribution in [-0.4, -0.2) is 16.9 Å². The van der Waals surface area contributed by atoms with E-state index >= 15 is 0 Å². The summed E-state index contributed by atoms with van der Waals surface area (Å²) >= 11 is 1.31.